The molecule has 1 amide bonds. The third kappa shape index (κ3) is 2.94. The lowest BCUT2D eigenvalue weighted by molar-refractivity contribution is 0.0933. The standard InChI is InChI=1S/C14H19NO3/c1-14(4-2-3-5-14)9-15-13(18)10-6-11(16)8-12(17)7-10/h6-8,16-17H,2-5,9H2,1H3,(H,15,18). The van der Waals surface area contributed by atoms with Crippen LogP contribution in [-0.4, -0.2) is 22.7 Å². The van der Waals surface area contributed by atoms with Crippen LogP contribution in [0.15, 0.2) is 18.2 Å². The monoisotopic (exact) mass is 249 g/mol. The van der Waals surface area contributed by atoms with Gasteiger partial charge < -0.3 is 15.5 Å². The van der Waals surface area contributed by atoms with E-state index in [1.165, 1.54) is 31.0 Å². The molecule has 18 heavy (non-hydrogen) atoms. The first kappa shape index (κ1) is 12.7. The molecule has 4 heteroatoms. The Labute approximate surface area is 107 Å². The van der Waals surface area contributed by atoms with E-state index in [1.54, 1.807) is 0 Å². The van der Waals surface area contributed by atoms with Gasteiger partial charge in [0, 0.05) is 18.2 Å². The van der Waals surface area contributed by atoms with E-state index in [-0.39, 0.29) is 28.4 Å². The number of carbonyl (C=O) groups is 1. The highest BCUT2D eigenvalue weighted by molar-refractivity contribution is 5.95. The first-order chi connectivity index (χ1) is 8.48. The van der Waals surface area contributed by atoms with Crippen molar-refractivity contribution in [1.29, 1.82) is 0 Å². The third-order valence-electron chi connectivity index (χ3n) is 3.65. The van der Waals surface area contributed by atoms with Crippen LogP contribution in [0.1, 0.15) is 43.0 Å². The number of aromatic hydroxyl groups is 2. The molecule has 0 radical (unpaired) electrons. The second kappa shape index (κ2) is 4.88. The molecule has 1 aromatic carbocycles. The van der Waals surface area contributed by atoms with Crippen molar-refractivity contribution in [2.24, 2.45) is 5.41 Å². The highest BCUT2D eigenvalue weighted by Gasteiger charge is 2.28. The Morgan fingerprint density at radius 1 is 1.22 bits per heavy atom. The molecule has 1 saturated carbocycles. The van der Waals surface area contributed by atoms with E-state index < -0.39 is 0 Å². The fourth-order valence-corrected chi connectivity index (χ4v) is 2.53. The lowest BCUT2D eigenvalue weighted by Crippen LogP contribution is -2.34. The van der Waals surface area contributed by atoms with Crippen LogP contribution in [0.3, 0.4) is 0 Å². The summed E-state index contributed by atoms with van der Waals surface area (Å²) in [6.45, 7) is 2.82. The molecule has 0 aromatic heterocycles. The molecular formula is C14H19NO3. The van der Waals surface area contributed by atoms with Crippen molar-refractivity contribution in [2.75, 3.05) is 6.54 Å². The van der Waals surface area contributed by atoms with Crippen molar-refractivity contribution in [3.05, 3.63) is 23.8 Å². The predicted molar refractivity (Wildman–Crippen MR) is 68.7 cm³/mol. The number of rotatable bonds is 3. The number of carbonyl (C=O) groups excluding carboxylic acids is 1. The molecule has 0 spiro atoms. The molecule has 98 valence electrons. The molecule has 0 aliphatic heterocycles. The summed E-state index contributed by atoms with van der Waals surface area (Å²) in [5.41, 5.74) is 0.475. The van der Waals surface area contributed by atoms with Crippen LogP contribution in [0.5, 0.6) is 11.5 Å². The minimum absolute atomic E-state index is 0.104. The van der Waals surface area contributed by atoms with Gasteiger partial charge in [-0.3, -0.25) is 4.79 Å². The molecule has 1 fully saturated rings. The van der Waals surface area contributed by atoms with E-state index in [9.17, 15) is 15.0 Å². The van der Waals surface area contributed by atoms with Crippen molar-refractivity contribution in [3.63, 3.8) is 0 Å². The van der Waals surface area contributed by atoms with E-state index in [0.29, 0.717) is 6.54 Å². The highest BCUT2D eigenvalue weighted by atomic mass is 16.3. The minimum Gasteiger partial charge on any atom is -0.508 e. The van der Waals surface area contributed by atoms with Gasteiger partial charge in [-0.05, 0) is 30.4 Å². The summed E-state index contributed by atoms with van der Waals surface area (Å²) in [6.07, 6.45) is 4.72. The molecular weight excluding hydrogens is 230 g/mol. The number of amides is 1. The summed E-state index contributed by atoms with van der Waals surface area (Å²) in [5, 5.41) is 21.5. The van der Waals surface area contributed by atoms with Crippen LogP contribution in [0.4, 0.5) is 0 Å². The van der Waals surface area contributed by atoms with E-state index in [1.807, 2.05) is 0 Å². The van der Waals surface area contributed by atoms with Gasteiger partial charge in [-0.2, -0.15) is 0 Å². The molecule has 0 heterocycles. The third-order valence-corrected chi connectivity index (χ3v) is 3.65. The number of nitrogens with one attached hydrogen (secondary N) is 1. The van der Waals surface area contributed by atoms with Gasteiger partial charge in [0.05, 0.1) is 0 Å². The Hall–Kier alpha value is -1.71. The fraction of sp³-hybridized carbons (Fsp3) is 0.500. The summed E-state index contributed by atoms with van der Waals surface area (Å²) >= 11 is 0. The average molecular weight is 249 g/mol. The maximum absolute atomic E-state index is 11.9. The van der Waals surface area contributed by atoms with Crippen molar-refractivity contribution in [3.8, 4) is 11.5 Å². The SMILES string of the molecule is CC1(CNC(=O)c2cc(O)cc(O)c2)CCCC1. The van der Waals surface area contributed by atoms with Crippen LogP contribution in [0, 0.1) is 5.41 Å². The molecule has 1 aliphatic rings. The van der Waals surface area contributed by atoms with E-state index in [2.05, 4.69) is 12.2 Å². The second-order valence-corrected chi connectivity index (χ2v) is 5.44. The Kier molecular flexibility index (Phi) is 3.45. The molecule has 0 saturated heterocycles. The van der Waals surface area contributed by atoms with Gasteiger partial charge in [-0.25, -0.2) is 0 Å². The normalized spacial score (nSPS) is 17.6. The van der Waals surface area contributed by atoms with Gasteiger partial charge in [-0.1, -0.05) is 19.8 Å². The van der Waals surface area contributed by atoms with Crippen LogP contribution < -0.4 is 5.32 Å². The van der Waals surface area contributed by atoms with Crippen molar-refractivity contribution in [1.82, 2.24) is 5.32 Å². The van der Waals surface area contributed by atoms with Crippen LogP contribution in [0.25, 0.3) is 0 Å². The Morgan fingerprint density at radius 2 is 1.78 bits per heavy atom. The molecule has 2 rings (SSSR count). The largest absolute Gasteiger partial charge is 0.508 e. The maximum atomic E-state index is 11.9. The fourth-order valence-electron chi connectivity index (χ4n) is 2.53. The molecule has 0 atom stereocenters. The molecule has 3 N–H and O–H groups in total. The zero-order valence-corrected chi connectivity index (χ0v) is 10.6. The number of phenols is 2. The lowest BCUT2D eigenvalue weighted by atomic mass is 9.89. The number of hydrogen-bond donors (Lipinski definition) is 3. The highest BCUT2D eigenvalue weighted by Crippen LogP contribution is 2.36. The number of hydrogen-bond acceptors (Lipinski definition) is 3. The molecule has 1 aliphatic carbocycles. The first-order valence-electron chi connectivity index (χ1n) is 6.30. The summed E-state index contributed by atoms with van der Waals surface area (Å²) < 4.78 is 0. The smallest absolute Gasteiger partial charge is 0.251 e. The van der Waals surface area contributed by atoms with E-state index in [0.717, 1.165) is 12.8 Å². The summed E-state index contributed by atoms with van der Waals surface area (Å²) in [6, 6.07) is 3.91. The minimum atomic E-state index is -0.255. The Bertz CT molecular complexity index is 430. The van der Waals surface area contributed by atoms with Gasteiger partial charge >= 0.3 is 0 Å². The number of benzene rings is 1. The second-order valence-electron chi connectivity index (χ2n) is 5.44. The molecule has 0 bridgehead atoms. The topological polar surface area (TPSA) is 69.6 Å². The summed E-state index contributed by atoms with van der Waals surface area (Å²) in [5.74, 6) is -0.464. The predicted octanol–water partition coefficient (Wildman–Crippen LogP) is 2.41. The first-order valence-corrected chi connectivity index (χ1v) is 6.30. The van der Waals surface area contributed by atoms with Gasteiger partial charge in [0.1, 0.15) is 11.5 Å². The van der Waals surface area contributed by atoms with Crippen LogP contribution in [-0.2, 0) is 0 Å². The van der Waals surface area contributed by atoms with Gasteiger partial charge in [0.25, 0.3) is 5.91 Å². The number of phenolic OH excluding ortho intramolecular Hbond substituents is 2. The van der Waals surface area contributed by atoms with Crippen molar-refractivity contribution >= 4 is 5.91 Å². The van der Waals surface area contributed by atoms with Crippen molar-refractivity contribution < 1.29 is 15.0 Å². The van der Waals surface area contributed by atoms with Gasteiger partial charge in [0.2, 0.25) is 0 Å². The zero-order valence-electron chi connectivity index (χ0n) is 10.6. The maximum Gasteiger partial charge on any atom is 0.251 e. The van der Waals surface area contributed by atoms with E-state index >= 15 is 0 Å². The Morgan fingerprint density at radius 3 is 2.33 bits per heavy atom. The summed E-state index contributed by atoms with van der Waals surface area (Å²) in [7, 11) is 0. The molecule has 0 unspecified atom stereocenters. The quantitative estimate of drug-likeness (QED) is 0.770. The molecule has 1 aromatic rings. The lowest BCUT2D eigenvalue weighted by Gasteiger charge is -2.23. The van der Waals surface area contributed by atoms with Gasteiger partial charge in [-0.15, -0.1) is 0 Å². The van der Waals surface area contributed by atoms with Crippen LogP contribution >= 0.6 is 0 Å². The van der Waals surface area contributed by atoms with Gasteiger partial charge in [0.15, 0.2) is 0 Å². The van der Waals surface area contributed by atoms with E-state index in [4.69, 9.17) is 0 Å². The van der Waals surface area contributed by atoms with Crippen LogP contribution in [0.2, 0.25) is 0 Å². The average Bonchev–Trinajstić information content (AvgIpc) is 2.72. The zero-order chi connectivity index (χ0) is 13.2. The summed E-state index contributed by atoms with van der Waals surface area (Å²) in [4.78, 5) is 11.9. The van der Waals surface area contributed by atoms with Crippen molar-refractivity contribution in [2.45, 2.75) is 32.6 Å². The Balaban J connectivity index is 1.99. The molecule has 4 nitrogen and oxygen atoms in total.